The van der Waals surface area contributed by atoms with Gasteiger partial charge >= 0.3 is 0 Å². The van der Waals surface area contributed by atoms with Crippen LogP contribution in [0.5, 0.6) is 0 Å². The summed E-state index contributed by atoms with van der Waals surface area (Å²) in [7, 11) is -3.66. The van der Waals surface area contributed by atoms with Crippen LogP contribution in [0, 0.1) is 5.92 Å². The standard InChI is InChI=1S/C20H34N4O3S/c1-16(2)5-4-6-17(3)22-20(25)15-23-11-13-24(14-12-23)18-7-9-19(10-8-18)28(21,26)27/h7-10,16-17H,4-6,11-15H2,1-3H3,(H,22,25)(H2,21,26,27). The van der Waals surface area contributed by atoms with E-state index in [2.05, 4.69) is 35.9 Å². The van der Waals surface area contributed by atoms with Crippen LogP contribution in [0.1, 0.15) is 40.0 Å². The monoisotopic (exact) mass is 410 g/mol. The first-order chi connectivity index (χ1) is 13.1. The van der Waals surface area contributed by atoms with Crippen LogP contribution >= 0.6 is 0 Å². The number of nitrogens with zero attached hydrogens (tertiary/aromatic N) is 2. The first-order valence-corrected chi connectivity index (χ1v) is 11.6. The molecule has 1 amide bonds. The molecule has 1 aromatic carbocycles. The molecule has 1 atom stereocenters. The fourth-order valence-electron chi connectivity index (χ4n) is 3.44. The molecule has 0 aliphatic carbocycles. The van der Waals surface area contributed by atoms with Crippen LogP contribution < -0.4 is 15.4 Å². The third-order valence-corrected chi connectivity index (χ3v) is 6.03. The number of hydrogen-bond acceptors (Lipinski definition) is 5. The molecule has 1 saturated heterocycles. The summed E-state index contributed by atoms with van der Waals surface area (Å²) in [5.41, 5.74) is 0.968. The lowest BCUT2D eigenvalue weighted by Crippen LogP contribution is -2.50. The zero-order chi connectivity index (χ0) is 20.7. The Balaban J connectivity index is 1.74. The highest BCUT2D eigenvalue weighted by atomic mass is 32.2. The maximum atomic E-state index is 12.3. The van der Waals surface area contributed by atoms with E-state index in [0.717, 1.165) is 44.7 Å². The lowest BCUT2D eigenvalue weighted by molar-refractivity contribution is -0.123. The molecule has 7 nitrogen and oxygen atoms in total. The van der Waals surface area contributed by atoms with Crippen molar-refractivity contribution in [2.45, 2.75) is 51.0 Å². The average Bonchev–Trinajstić information content (AvgIpc) is 2.61. The Morgan fingerprint density at radius 1 is 1.07 bits per heavy atom. The molecule has 0 aromatic heterocycles. The van der Waals surface area contributed by atoms with Crippen molar-refractivity contribution in [3.8, 4) is 0 Å². The highest BCUT2D eigenvalue weighted by Gasteiger charge is 2.20. The lowest BCUT2D eigenvalue weighted by atomic mass is 10.0. The first-order valence-electron chi connectivity index (χ1n) is 10.0. The Hall–Kier alpha value is -1.64. The zero-order valence-corrected chi connectivity index (χ0v) is 18.0. The summed E-state index contributed by atoms with van der Waals surface area (Å²) in [6.45, 7) is 10.1. The number of carbonyl (C=O) groups excluding carboxylic acids is 1. The number of nitrogens with two attached hydrogens (primary N) is 1. The summed E-state index contributed by atoms with van der Waals surface area (Å²) in [6.07, 6.45) is 3.36. The molecular formula is C20H34N4O3S. The Morgan fingerprint density at radius 3 is 2.21 bits per heavy atom. The van der Waals surface area contributed by atoms with E-state index < -0.39 is 10.0 Å². The molecule has 0 spiro atoms. The van der Waals surface area contributed by atoms with Gasteiger partial charge in [0.1, 0.15) is 0 Å². The minimum Gasteiger partial charge on any atom is -0.369 e. The molecule has 158 valence electrons. The Morgan fingerprint density at radius 2 is 1.68 bits per heavy atom. The van der Waals surface area contributed by atoms with E-state index in [1.165, 1.54) is 18.6 Å². The van der Waals surface area contributed by atoms with Gasteiger partial charge in [-0.3, -0.25) is 9.69 Å². The van der Waals surface area contributed by atoms with Crippen molar-refractivity contribution in [1.29, 1.82) is 0 Å². The summed E-state index contributed by atoms with van der Waals surface area (Å²) in [5, 5.41) is 8.24. The molecule has 0 saturated carbocycles. The number of carbonyl (C=O) groups is 1. The summed E-state index contributed by atoms with van der Waals surface area (Å²) in [6, 6.07) is 6.84. The number of amides is 1. The fraction of sp³-hybridized carbons (Fsp3) is 0.650. The molecule has 1 heterocycles. The molecule has 1 aromatic rings. The molecule has 1 fully saturated rings. The Kier molecular flexibility index (Phi) is 8.27. The minimum atomic E-state index is -3.66. The zero-order valence-electron chi connectivity index (χ0n) is 17.2. The van der Waals surface area contributed by atoms with Gasteiger partial charge in [0.15, 0.2) is 0 Å². The van der Waals surface area contributed by atoms with Crippen LogP contribution in [-0.2, 0) is 14.8 Å². The molecule has 1 aliphatic heterocycles. The van der Waals surface area contributed by atoms with Crippen molar-refractivity contribution in [2.24, 2.45) is 11.1 Å². The number of nitrogens with one attached hydrogen (secondary N) is 1. The van der Waals surface area contributed by atoms with Gasteiger partial charge < -0.3 is 10.2 Å². The second-order valence-corrected chi connectivity index (χ2v) is 9.66. The Labute approximate surface area is 169 Å². The van der Waals surface area contributed by atoms with Crippen LogP contribution in [0.4, 0.5) is 5.69 Å². The predicted molar refractivity (Wildman–Crippen MR) is 113 cm³/mol. The van der Waals surface area contributed by atoms with E-state index in [1.807, 2.05) is 0 Å². The van der Waals surface area contributed by atoms with Crippen LogP contribution in [0.15, 0.2) is 29.2 Å². The van der Waals surface area contributed by atoms with E-state index >= 15 is 0 Å². The van der Waals surface area contributed by atoms with E-state index in [1.54, 1.807) is 12.1 Å². The summed E-state index contributed by atoms with van der Waals surface area (Å²) < 4.78 is 22.7. The van der Waals surface area contributed by atoms with Crippen LogP contribution in [0.2, 0.25) is 0 Å². The second kappa shape index (κ2) is 10.2. The third kappa shape index (κ3) is 7.41. The number of hydrogen-bond donors (Lipinski definition) is 2. The smallest absolute Gasteiger partial charge is 0.238 e. The Bertz CT molecular complexity index is 726. The predicted octanol–water partition coefficient (Wildman–Crippen LogP) is 1.79. The SMILES string of the molecule is CC(C)CCCC(C)NC(=O)CN1CCN(c2ccc(S(N)(=O)=O)cc2)CC1. The van der Waals surface area contributed by atoms with Gasteiger partial charge in [-0.15, -0.1) is 0 Å². The molecule has 0 bridgehead atoms. The number of rotatable bonds is 9. The van der Waals surface area contributed by atoms with E-state index in [4.69, 9.17) is 5.14 Å². The summed E-state index contributed by atoms with van der Waals surface area (Å²) in [4.78, 5) is 16.7. The summed E-state index contributed by atoms with van der Waals surface area (Å²) in [5.74, 6) is 0.790. The van der Waals surface area contributed by atoms with Crippen molar-refractivity contribution >= 4 is 21.6 Å². The van der Waals surface area contributed by atoms with E-state index in [9.17, 15) is 13.2 Å². The van der Waals surface area contributed by atoms with Gasteiger partial charge in [0.25, 0.3) is 0 Å². The molecule has 1 aliphatic rings. The van der Waals surface area contributed by atoms with Gasteiger partial charge in [-0.2, -0.15) is 0 Å². The molecule has 0 radical (unpaired) electrons. The maximum absolute atomic E-state index is 12.3. The second-order valence-electron chi connectivity index (χ2n) is 8.10. The quantitative estimate of drug-likeness (QED) is 0.647. The largest absolute Gasteiger partial charge is 0.369 e. The van der Waals surface area contributed by atoms with Gasteiger partial charge in [0, 0.05) is 37.9 Å². The number of anilines is 1. The van der Waals surface area contributed by atoms with Crippen molar-refractivity contribution in [2.75, 3.05) is 37.6 Å². The summed E-state index contributed by atoms with van der Waals surface area (Å²) >= 11 is 0. The van der Waals surface area contributed by atoms with Gasteiger partial charge in [-0.1, -0.05) is 26.7 Å². The van der Waals surface area contributed by atoms with Crippen LogP contribution in [-0.4, -0.2) is 58.0 Å². The van der Waals surface area contributed by atoms with Gasteiger partial charge in [0.2, 0.25) is 15.9 Å². The van der Waals surface area contributed by atoms with Crippen LogP contribution in [0.3, 0.4) is 0 Å². The first kappa shape index (κ1) is 22.6. The van der Waals surface area contributed by atoms with Gasteiger partial charge in [-0.05, 0) is 43.5 Å². The molecule has 28 heavy (non-hydrogen) atoms. The van der Waals surface area contributed by atoms with E-state index in [-0.39, 0.29) is 16.8 Å². The van der Waals surface area contributed by atoms with Crippen molar-refractivity contribution < 1.29 is 13.2 Å². The molecular weight excluding hydrogens is 376 g/mol. The highest BCUT2D eigenvalue weighted by molar-refractivity contribution is 7.89. The molecule has 8 heteroatoms. The normalized spacial score (nSPS) is 17.0. The van der Waals surface area contributed by atoms with E-state index in [0.29, 0.717) is 12.5 Å². The van der Waals surface area contributed by atoms with Crippen molar-refractivity contribution in [3.63, 3.8) is 0 Å². The maximum Gasteiger partial charge on any atom is 0.238 e. The molecule has 3 N–H and O–H groups in total. The average molecular weight is 411 g/mol. The minimum absolute atomic E-state index is 0.0861. The molecule has 1 unspecified atom stereocenters. The van der Waals surface area contributed by atoms with Gasteiger partial charge in [0.05, 0.1) is 11.4 Å². The highest BCUT2D eigenvalue weighted by Crippen LogP contribution is 2.19. The van der Waals surface area contributed by atoms with Crippen LogP contribution in [0.25, 0.3) is 0 Å². The number of benzene rings is 1. The van der Waals surface area contributed by atoms with Crippen molar-refractivity contribution in [3.05, 3.63) is 24.3 Å². The number of primary sulfonamides is 1. The lowest BCUT2D eigenvalue weighted by Gasteiger charge is -2.36. The fourth-order valence-corrected chi connectivity index (χ4v) is 3.95. The van der Waals surface area contributed by atoms with Gasteiger partial charge in [-0.25, -0.2) is 13.6 Å². The molecule has 2 rings (SSSR count). The topological polar surface area (TPSA) is 95.7 Å². The van der Waals surface area contributed by atoms with Crippen molar-refractivity contribution in [1.82, 2.24) is 10.2 Å². The number of sulfonamides is 1. The number of piperazine rings is 1. The third-order valence-electron chi connectivity index (χ3n) is 5.10.